The third kappa shape index (κ3) is 4.47. The van der Waals surface area contributed by atoms with Crippen LogP contribution in [0.15, 0.2) is 42.6 Å². The van der Waals surface area contributed by atoms with Crippen molar-refractivity contribution < 1.29 is 8.78 Å². The number of hydrogen-bond donors (Lipinski definition) is 0. The van der Waals surface area contributed by atoms with Crippen molar-refractivity contribution in [2.24, 2.45) is 0 Å². The molecule has 0 N–H and O–H groups in total. The van der Waals surface area contributed by atoms with Gasteiger partial charge in [-0.25, -0.2) is 23.7 Å². The van der Waals surface area contributed by atoms with Gasteiger partial charge in [-0.1, -0.05) is 19.0 Å². The van der Waals surface area contributed by atoms with E-state index in [0.29, 0.717) is 42.5 Å². The molecule has 0 radical (unpaired) electrons. The molecule has 0 unspecified atom stereocenters. The van der Waals surface area contributed by atoms with E-state index in [1.807, 2.05) is 11.8 Å². The Morgan fingerprint density at radius 1 is 1.03 bits per heavy atom. The average molecular weight is 452 g/mol. The number of piperazine rings is 1. The Labute approximate surface area is 184 Å². The summed E-state index contributed by atoms with van der Waals surface area (Å²) in [4.78, 5) is 16.8. The molecule has 0 spiro atoms. The second kappa shape index (κ2) is 9.10. The minimum absolute atomic E-state index is 0. The molecule has 0 amide bonds. The molecular weight excluding hydrogens is 431 g/mol. The molecule has 0 aliphatic carbocycles. The lowest BCUT2D eigenvalue weighted by Crippen LogP contribution is -2.53. The fourth-order valence-corrected chi connectivity index (χ4v) is 3.81. The number of anilines is 2. The van der Waals surface area contributed by atoms with Crippen LogP contribution in [0.2, 0.25) is 10.3 Å². The van der Waals surface area contributed by atoms with E-state index in [9.17, 15) is 8.78 Å². The molecule has 1 saturated heterocycles. The van der Waals surface area contributed by atoms with Gasteiger partial charge < -0.3 is 9.80 Å². The van der Waals surface area contributed by atoms with Gasteiger partial charge in [-0.3, -0.25) is 0 Å². The predicted octanol–water partition coefficient (Wildman–Crippen LogP) is 5.47. The first-order chi connectivity index (χ1) is 13.9. The Morgan fingerprint density at radius 3 is 2.53 bits per heavy atom. The Hall–Kier alpha value is -2.51. The first-order valence-electron chi connectivity index (χ1n) is 9.04. The summed E-state index contributed by atoms with van der Waals surface area (Å²) in [5.74, 6) is 0.159. The molecule has 0 bridgehead atoms. The maximum atomic E-state index is 14.1. The van der Waals surface area contributed by atoms with E-state index in [1.165, 1.54) is 18.2 Å². The van der Waals surface area contributed by atoms with Crippen LogP contribution in [0.4, 0.5) is 20.4 Å². The quantitative estimate of drug-likeness (QED) is 0.493. The van der Waals surface area contributed by atoms with Gasteiger partial charge in [0.1, 0.15) is 11.6 Å². The predicted molar refractivity (Wildman–Crippen MR) is 117 cm³/mol. The van der Waals surface area contributed by atoms with Crippen LogP contribution in [0, 0.1) is 11.6 Å². The average Bonchev–Trinajstić information content (AvgIpc) is 2.70. The molecule has 1 atom stereocenters. The van der Waals surface area contributed by atoms with Crippen molar-refractivity contribution >= 4 is 34.8 Å². The van der Waals surface area contributed by atoms with Crippen molar-refractivity contribution in [2.75, 3.05) is 29.4 Å². The lowest BCUT2D eigenvalue weighted by Gasteiger charge is -2.41. The van der Waals surface area contributed by atoms with Gasteiger partial charge in [0.2, 0.25) is 5.28 Å². The lowest BCUT2D eigenvalue weighted by molar-refractivity contribution is 0.528. The van der Waals surface area contributed by atoms with E-state index in [-0.39, 0.29) is 29.6 Å². The van der Waals surface area contributed by atoms with E-state index >= 15 is 0 Å². The molecule has 2 aromatic heterocycles. The SMILES string of the molecule is C.C[C@@H]1CN(c2ncccc2F)CCN1c1cc(-c2ccc(F)c(Cl)c2)nc(Cl)n1. The van der Waals surface area contributed by atoms with E-state index < -0.39 is 5.82 Å². The summed E-state index contributed by atoms with van der Waals surface area (Å²) in [6.07, 6.45) is 1.58. The van der Waals surface area contributed by atoms with Crippen LogP contribution in [0.5, 0.6) is 0 Å². The van der Waals surface area contributed by atoms with Crippen LogP contribution in [-0.2, 0) is 0 Å². The van der Waals surface area contributed by atoms with Crippen LogP contribution < -0.4 is 9.80 Å². The van der Waals surface area contributed by atoms with Crippen molar-refractivity contribution in [3.63, 3.8) is 0 Å². The summed E-state index contributed by atoms with van der Waals surface area (Å²) in [5.41, 5.74) is 1.19. The van der Waals surface area contributed by atoms with Gasteiger partial charge in [-0.2, -0.15) is 0 Å². The molecule has 0 saturated carbocycles. The standard InChI is InChI=1S/C20H17Cl2F2N5.CH4/c1-12-11-28(19-16(24)3-2-6-25-19)7-8-29(12)18-10-17(26-20(22)27-18)13-4-5-15(23)14(21)9-13;/h2-6,9-10,12H,7-8,11H2,1H3;1H4/t12-;/m1./s1. The molecule has 1 fully saturated rings. The summed E-state index contributed by atoms with van der Waals surface area (Å²) in [6, 6.07) is 9.19. The first-order valence-corrected chi connectivity index (χ1v) is 9.80. The van der Waals surface area contributed by atoms with E-state index in [0.717, 1.165) is 0 Å². The summed E-state index contributed by atoms with van der Waals surface area (Å²) in [6.45, 7) is 3.79. The molecule has 9 heteroatoms. The Bertz CT molecular complexity index is 1050. The zero-order valence-corrected chi connectivity index (χ0v) is 17.0. The van der Waals surface area contributed by atoms with Crippen molar-refractivity contribution in [3.8, 4) is 11.3 Å². The van der Waals surface area contributed by atoms with Gasteiger partial charge in [0.05, 0.1) is 10.7 Å². The van der Waals surface area contributed by atoms with Crippen molar-refractivity contribution in [1.82, 2.24) is 15.0 Å². The van der Waals surface area contributed by atoms with Crippen LogP contribution in [0.25, 0.3) is 11.3 Å². The number of rotatable bonds is 3. The fourth-order valence-electron chi connectivity index (χ4n) is 3.46. The molecule has 30 heavy (non-hydrogen) atoms. The van der Waals surface area contributed by atoms with Gasteiger partial charge >= 0.3 is 0 Å². The highest BCUT2D eigenvalue weighted by atomic mass is 35.5. The molecule has 3 heterocycles. The maximum Gasteiger partial charge on any atom is 0.224 e. The summed E-state index contributed by atoms with van der Waals surface area (Å²) < 4.78 is 27.6. The minimum Gasteiger partial charge on any atom is -0.350 e. The van der Waals surface area contributed by atoms with Crippen molar-refractivity contribution in [1.29, 1.82) is 0 Å². The van der Waals surface area contributed by atoms with Crippen molar-refractivity contribution in [2.45, 2.75) is 20.4 Å². The number of aromatic nitrogens is 3. The lowest BCUT2D eigenvalue weighted by atomic mass is 10.1. The van der Waals surface area contributed by atoms with Crippen LogP contribution in [-0.4, -0.2) is 40.6 Å². The molecule has 1 aromatic carbocycles. The molecule has 4 rings (SSSR count). The van der Waals surface area contributed by atoms with Gasteiger partial charge in [-0.15, -0.1) is 0 Å². The smallest absolute Gasteiger partial charge is 0.224 e. The normalized spacial score (nSPS) is 16.4. The fraction of sp³-hybridized carbons (Fsp3) is 0.286. The molecule has 158 valence electrons. The van der Waals surface area contributed by atoms with E-state index in [2.05, 4.69) is 19.9 Å². The number of nitrogens with zero attached hydrogens (tertiary/aromatic N) is 5. The summed E-state index contributed by atoms with van der Waals surface area (Å²) in [7, 11) is 0. The first kappa shape index (κ1) is 22.2. The Morgan fingerprint density at radius 2 is 1.83 bits per heavy atom. The highest BCUT2D eigenvalue weighted by Crippen LogP contribution is 2.29. The maximum absolute atomic E-state index is 14.1. The third-order valence-electron chi connectivity index (χ3n) is 4.86. The molecule has 5 nitrogen and oxygen atoms in total. The number of pyridine rings is 1. The van der Waals surface area contributed by atoms with Gasteiger partial charge in [-0.05, 0) is 48.9 Å². The molecule has 1 aliphatic heterocycles. The second-order valence-corrected chi connectivity index (χ2v) is 7.55. The zero-order chi connectivity index (χ0) is 20.5. The van der Waals surface area contributed by atoms with Gasteiger partial charge in [0.15, 0.2) is 11.6 Å². The summed E-state index contributed by atoms with van der Waals surface area (Å²) >= 11 is 12.1. The van der Waals surface area contributed by atoms with Crippen molar-refractivity contribution in [3.05, 3.63) is 64.5 Å². The van der Waals surface area contributed by atoms with Gasteiger partial charge in [0, 0.05) is 43.5 Å². The zero-order valence-electron chi connectivity index (χ0n) is 15.5. The Balaban J connectivity index is 0.00000256. The van der Waals surface area contributed by atoms with E-state index in [1.54, 1.807) is 24.4 Å². The number of hydrogen-bond acceptors (Lipinski definition) is 5. The number of halogens is 4. The highest BCUT2D eigenvalue weighted by molar-refractivity contribution is 6.31. The second-order valence-electron chi connectivity index (χ2n) is 6.81. The Kier molecular flexibility index (Phi) is 6.73. The van der Waals surface area contributed by atoms with Crippen LogP contribution in [0.1, 0.15) is 14.4 Å². The van der Waals surface area contributed by atoms with E-state index in [4.69, 9.17) is 23.2 Å². The largest absolute Gasteiger partial charge is 0.350 e. The highest BCUT2D eigenvalue weighted by Gasteiger charge is 2.27. The topological polar surface area (TPSA) is 45.2 Å². The molecule has 1 aliphatic rings. The summed E-state index contributed by atoms with van der Waals surface area (Å²) in [5, 5.41) is 0.0986. The molecular formula is C21H21Cl2F2N5. The van der Waals surface area contributed by atoms with Gasteiger partial charge in [0.25, 0.3) is 0 Å². The van der Waals surface area contributed by atoms with Crippen LogP contribution >= 0.6 is 23.2 Å². The monoisotopic (exact) mass is 451 g/mol. The minimum atomic E-state index is -0.498. The third-order valence-corrected chi connectivity index (χ3v) is 5.32. The molecule has 3 aromatic rings. The number of benzene rings is 1. The van der Waals surface area contributed by atoms with Crippen LogP contribution in [0.3, 0.4) is 0 Å².